The molecule has 17 heavy (non-hydrogen) atoms. The van der Waals surface area contributed by atoms with Crippen LogP contribution >= 0.6 is 22.6 Å². The molecule has 1 unspecified atom stereocenters. The van der Waals surface area contributed by atoms with E-state index in [4.69, 9.17) is 0 Å². The van der Waals surface area contributed by atoms with E-state index in [9.17, 15) is 8.42 Å². The minimum absolute atomic E-state index is 0.455. The zero-order valence-electron chi connectivity index (χ0n) is 9.90. The zero-order chi connectivity index (χ0) is 12.9. The maximum atomic E-state index is 11.9. The zero-order valence-corrected chi connectivity index (χ0v) is 12.9. The highest BCUT2D eigenvalue weighted by Gasteiger charge is 2.19. The lowest BCUT2D eigenvalue weighted by molar-refractivity contribution is 0.579. The van der Waals surface area contributed by atoms with Crippen molar-refractivity contribution in [3.05, 3.63) is 27.8 Å². The molecule has 6 heteroatoms. The molecular formula is C11H17IN2O2S. The Balaban J connectivity index is 2.69. The van der Waals surface area contributed by atoms with Crippen LogP contribution in [-0.2, 0) is 10.0 Å². The van der Waals surface area contributed by atoms with E-state index in [-0.39, 0.29) is 0 Å². The molecule has 0 saturated heterocycles. The van der Waals surface area contributed by atoms with Gasteiger partial charge in [0, 0.05) is 15.8 Å². The van der Waals surface area contributed by atoms with Crippen molar-refractivity contribution >= 4 is 38.3 Å². The second-order valence-electron chi connectivity index (χ2n) is 3.77. The number of nitrogens with one attached hydrogen (secondary N) is 2. The van der Waals surface area contributed by atoms with Crippen LogP contribution in [0.5, 0.6) is 0 Å². The molecule has 1 aromatic rings. The van der Waals surface area contributed by atoms with E-state index in [0.717, 1.165) is 10.1 Å². The molecule has 4 nitrogen and oxygen atoms in total. The second kappa shape index (κ2) is 6.55. The normalized spacial score (nSPS) is 13.4. The van der Waals surface area contributed by atoms with Gasteiger partial charge in [0.2, 0.25) is 10.0 Å². The van der Waals surface area contributed by atoms with Crippen LogP contribution in [0.4, 0.5) is 5.69 Å². The molecule has 0 aromatic heterocycles. The van der Waals surface area contributed by atoms with Crippen molar-refractivity contribution in [1.29, 1.82) is 0 Å². The van der Waals surface area contributed by atoms with Gasteiger partial charge in [0.15, 0.2) is 0 Å². The number of anilines is 1. The monoisotopic (exact) mass is 368 g/mol. The summed E-state index contributed by atoms with van der Waals surface area (Å²) in [5, 5.41) is 2.57. The summed E-state index contributed by atoms with van der Waals surface area (Å²) in [5.74, 6) is 0. The van der Waals surface area contributed by atoms with Crippen LogP contribution in [0.25, 0.3) is 0 Å². The molecule has 96 valence electrons. The van der Waals surface area contributed by atoms with Gasteiger partial charge in [-0.25, -0.2) is 8.42 Å². The molecule has 0 saturated carbocycles. The van der Waals surface area contributed by atoms with Gasteiger partial charge in [0.05, 0.1) is 5.25 Å². The third kappa shape index (κ3) is 4.81. The van der Waals surface area contributed by atoms with E-state index in [1.54, 1.807) is 19.1 Å². The van der Waals surface area contributed by atoms with E-state index in [0.29, 0.717) is 12.2 Å². The van der Waals surface area contributed by atoms with Gasteiger partial charge in [-0.05, 0) is 60.3 Å². The van der Waals surface area contributed by atoms with Crippen molar-refractivity contribution in [1.82, 2.24) is 5.32 Å². The lowest BCUT2D eigenvalue weighted by Crippen LogP contribution is -2.34. The summed E-state index contributed by atoms with van der Waals surface area (Å²) >= 11 is 2.18. The molecule has 1 aromatic carbocycles. The Morgan fingerprint density at radius 1 is 1.29 bits per heavy atom. The van der Waals surface area contributed by atoms with Gasteiger partial charge in [-0.1, -0.05) is 6.92 Å². The summed E-state index contributed by atoms with van der Waals surface area (Å²) in [6.45, 7) is 4.86. The number of halogens is 1. The fourth-order valence-corrected chi connectivity index (χ4v) is 2.60. The Hall–Kier alpha value is -0.340. The van der Waals surface area contributed by atoms with Crippen molar-refractivity contribution in [2.45, 2.75) is 19.1 Å². The van der Waals surface area contributed by atoms with Gasteiger partial charge in [-0.15, -0.1) is 0 Å². The van der Waals surface area contributed by atoms with Gasteiger partial charge >= 0.3 is 0 Å². The molecular weight excluding hydrogens is 351 g/mol. The maximum Gasteiger partial charge on any atom is 0.236 e. The van der Waals surface area contributed by atoms with Crippen LogP contribution in [0.2, 0.25) is 0 Å². The summed E-state index contributed by atoms with van der Waals surface area (Å²) < 4.78 is 27.5. The van der Waals surface area contributed by atoms with Gasteiger partial charge in [0.1, 0.15) is 0 Å². The van der Waals surface area contributed by atoms with E-state index in [1.165, 1.54) is 0 Å². The van der Waals surface area contributed by atoms with Crippen LogP contribution < -0.4 is 10.0 Å². The number of benzene rings is 1. The number of hydrogen-bond donors (Lipinski definition) is 2. The Labute approximate surface area is 116 Å². The average Bonchev–Trinajstić information content (AvgIpc) is 2.28. The lowest BCUT2D eigenvalue weighted by Gasteiger charge is -2.15. The van der Waals surface area contributed by atoms with E-state index in [1.807, 2.05) is 19.1 Å². The molecule has 0 aliphatic heterocycles. The predicted molar refractivity (Wildman–Crippen MR) is 79.7 cm³/mol. The molecule has 1 atom stereocenters. The average molecular weight is 368 g/mol. The summed E-state index contributed by atoms with van der Waals surface area (Å²) in [5.41, 5.74) is 0.605. The molecule has 0 heterocycles. The molecule has 0 spiro atoms. The molecule has 0 aliphatic rings. The fraction of sp³-hybridized carbons (Fsp3) is 0.455. The van der Waals surface area contributed by atoms with Crippen molar-refractivity contribution in [2.24, 2.45) is 0 Å². The standard InChI is InChI=1S/C11H17IN2O2S/c1-3-13-8-9(2)17(15,16)14-11-6-4-10(12)5-7-11/h4-7,9,13-14H,3,8H2,1-2H3. The quantitative estimate of drug-likeness (QED) is 0.756. The van der Waals surface area contributed by atoms with Crippen LogP contribution in [0, 0.1) is 3.57 Å². The Morgan fingerprint density at radius 3 is 2.41 bits per heavy atom. The summed E-state index contributed by atoms with van der Waals surface area (Å²) in [6.07, 6.45) is 0. The van der Waals surface area contributed by atoms with E-state index < -0.39 is 15.3 Å². The van der Waals surface area contributed by atoms with Crippen molar-refractivity contribution in [3.63, 3.8) is 0 Å². The number of rotatable bonds is 6. The summed E-state index contributed by atoms with van der Waals surface area (Å²) in [6, 6.07) is 7.26. The second-order valence-corrected chi connectivity index (χ2v) is 7.12. The highest BCUT2D eigenvalue weighted by molar-refractivity contribution is 14.1. The van der Waals surface area contributed by atoms with Gasteiger partial charge in [-0.3, -0.25) is 4.72 Å². The first-order chi connectivity index (χ1) is 7.95. The molecule has 0 amide bonds. The SMILES string of the molecule is CCNCC(C)S(=O)(=O)Nc1ccc(I)cc1. The Kier molecular flexibility index (Phi) is 5.68. The first-order valence-corrected chi connectivity index (χ1v) is 8.06. The first kappa shape index (κ1) is 14.7. The van der Waals surface area contributed by atoms with Crippen LogP contribution in [0.1, 0.15) is 13.8 Å². The van der Waals surface area contributed by atoms with Gasteiger partial charge in [-0.2, -0.15) is 0 Å². The molecule has 0 bridgehead atoms. The number of hydrogen-bond acceptors (Lipinski definition) is 3. The fourth-order valence-electron chi connectivity index (χ4n) is 1.24. The van der Waals surface area contributed by atoms with Crippen molar-refractivity contribution < 1.29 is 8.42 Å². The van der Waals surface area contributed by atoms with Gasteiger partial charge < -0.3 is 5.32 Å². The van der Waals surface area contributed by atoms with Crippen LogP contribution in [-0.4, -0.2) is 26.8 Å². The molecule has 0 fully saturated rings. The minimum atomic E-state index is -3.31. The van der Waals surface area contributed by atoms with E-state index >= 15 is 0 Å². The molecule has 0 aliphatic carbocycles. The summed E-state index contributed by atoms with van der Waals surface area (Å²) in [4.78, 5) is 0. The maximum absolute atomic E-state index is 11.9. The van der Waals surface area contributed by atoms with Crippen molar-refractivity contribution in [2.75, 3.05) is 17.8 Å². The van der Waals surface area contributed by atoms with Crippen LogP contribution in [0.15, 0.2) is 24.3 Å². The third-order valence-corrected chi connectivity index (χ3v) is 4.78. The van der Waals surface area contributed by atoms with Crippen molar-refractivity contribution in [3.8, 4) is 0 Å². The highest BCUT2D eigenvalue weighted by atomic mass is 127. The Morgan fingerprint density at radius 2 is 1.88 bits per heavy atom. The molecule has 1 rings (SSSR count). The topological polar surface area (TPSA) is 58.2 Å². The molecule has 2 N–H and O–H groups in total. The smallest absolute Gasteiger partial charge is 0.236 e. The lowest BCUT2D eigenvalue weighted by atomic mass is 10.3. The van der Waals surface area contributed by atoms with E-state index in [2.05, 4.69) is 32.6 Å². The minimum Gasteiger partial charge on any atom is -0.316 e. The first-order valence-electron chi connectivity index (χ1n) is 5.43. The summed E-state index contributed by atoms with van der Waals surface area (Å²) in [7, 11) is -3.31. The largest absolute Gasteiger partial charge is 0.316 e. The van der Waals surface area contributed by atoms with Crippen LogP contribution in [0.3, 0.4) is 0 Å². The Bertz CT molecular complexity index is 445. The van der Waals surface area contributed by atoms with Gasteiger partial charge in [0.25, 0.3) is 0 Å². The number of sulfonamides is 1. The predicted octanol–water partition coefficient (Wildman–Crippen LogP) is 2.03. The third-order valence-electron chi connectivity index (χ3n) is 2.32. The molecule has 0 radical (unpaired) electrons. The highest BCUT2D eigenvalue weighted by Crippen LogP contribution is 2.14.